The van der Waals surface area contributed by atoms with Crippen LogP contribution in [0.3, 0.4) is 0 Å². The molecule has 0 radical (unpaired) electrons. The summed E-state index contributed by atoms with van der Waals surface area (Å²) in [6.07, 6.45) is 0. The molecule has 0 unspecified atom stereocenters. The van der Waals surface area contributed by atoms with E-state index >= 15 is 0 Å². The van der Waals surface area contributed by atoms with Crippen molar-refractivity contribution >= 4 is 34.7 Å². The highest BCUT2D eigenvalue weighted by molar-refractivity contribution is 6.33. The van der Waals surface area contributed by atoms with Crippen molar-refractivity contribution in [1.29, 1.82) is 0 Å². The van der Waals surface area contributed by atoms with Gasteiger partial charge in [-0.3, -0.25) is 4.79 Å². The van der Waals surface area contributed by atoms with Crippen molar-refractivity contribution in [2.45, 2.75) is 0 Å². The molecule has 7 nitrogen and oxygen atoms in total. The molecular weight excluding hydrogens is 368 g/mol. The van der Waals surface area contributed by atoms with Crippen LogP contribution in [0.2, 0.25) is 5.02 Å². The third-order valence-corrected chi connectivity index (χ3v) is 4.02. The Labute approximate surface area is 161 Å². The number of carbonyl (C=O) groups excluding carboxylic acids is 1. The number of nitrogens with zero attached hydrogens (tertiary/aromatic N) is 2. The van der Waals surface area contributed by atoms with Crippen LogP contribution in [-0.2, 0) is 0 Å². The quantitative estimate of drug-likeness (QED) is 0.664. The molecule has 0 saturated carbocycles. The van der Waals surface area contributed by atoms with Crippen LogP contribution in [0.25, 0.3) is 0 Å². The number of aromatic nitrogens is 2. The first-order chi connectivity index (χ1) is 13.1. The molecule has 1 heterocycles. The second kappa shape index (κ2) is 8.37. The van der Waals surface area contributed by atoms with E-state index in [-0.39, 0.29) is 5.69 Å². The first-order valence-corrected chi connectivity index (χ1v) is 8.37. The van der Waals surface area contributed by atoms with Gasteiger partial charge in [0.05, 0.1) is 30.6 Å². The summed E-state index contributed by atoms with van der Waals surface area (Å²) in [4.78, 5) is 12.3. The second-order valence-electron chi connectivity index (χ2n) is 5.43. The number of ether oxygens (including phenoxy) is 2. The minimum atomic E-state index is -0.399. The zero-order valence-corrected chi connectivity index (χ0v) is 15.4. The van der Waals surface area contributed by atoms with Crippen molar-refractivity contribution in [3.8, 4) is 11.5 Å². The second-order valence-corrected chi connectivity index (χ2v) is 5.84. The number of halogens is 1. The van der Waals surface area contributed by atoms with E-state index in [1.807, 2.05) is 0 Å². The maximum atomic E-state index is 12.3. The normalized spacial score (nSPS) is 10.2. The van der Waals surface area contributed by atoms with Gasteiger partial charge in [0.1, 0.15) is 11.5 Å². The topological polar surface area (TPSA) is 85.4 Å². The number of nitrogens with one attached hydrogen (secondary N) is 2. The molecule has 0 saturated heterocycles. The molecule has 3 rings (SSSR count). The van der Waals surface area contributed by atoms with E-state index in [1.165, 1.54) is 0 Å². The standard InChI is InChI=1S/C19H17ClN4O3/c1-26-12-7-8-15(17(11-12)27-2)21-18-10-9-16(23-24-18)19(25)22-14-6-4-3-5-13(14)20/h3-11H,1-2H3,(H,21,24)(H,22,25). The van der Waals surface area contributed by atoms with Crippen LogP contribution in [-0.4, -0.2) is 30.3 Å². The third-order valence-electron chi connectivity index (χ3n) is 3.69. The van der Waals surface area contributed by atoms with Gasteiger partial charge >= 0.3 is 0 Å². The summed E-state index contributed by atoms with van der Waals surface area (Å²) in [6.45, 7) is 0. The molecule has 2 N–H and O–H groups in total. The van der Waals surface area contributed by atoms with Crippen LogP contribution in [0.1, 0.15) is 10.5 Å². The number of para-hydroxylation sites is 1. The van der Waals surface area contributed by atoms with Crippen LogP contribution < -0.4 is 20.1 Å². The Balaban J connectivity index is 1.72. The van der Waals surface area contributed by atoms with E-state index in [0.717, 1.165) is 0 Å². The zero-order chi connectivity index (χ0) is 19.2. The highest BCUT2D eigenvalue weighted by Gasteiger charge is 2.11. The number of hydrogen-bond donors (Lipinski definition) is 2. The molecular formula is C19H17ClN4O3. The fraction of sp³-hybridized carbons (Fsp3) is 0.105. The van der Waals surface area contributed by atoms with Crippen molar-refractivity contribution in [2.75, 3.05) is 24.9 Å². The van der Waals surface area contributed by atoms with Gasteiger partial charge in [0.15, 0.2) is 11.5 Å². The largest absolute Gasteiger partial charge is 0.497 e. The minimum Gasteiger partial charge on any atom is -0.497 e. The number of methoxy groups -OCH3 is 2. The summed E-state index contributed by atoms with van der Waals surface area (Å²) < 4.78 is 10.5. The molecule has 8 heteroatoms. The van der Waals surface area contributed by atoms with E-state index in [1.54, 1.807) is 68.8 Å². The molecule has 0 aliphatic heterocycles. The van der Waals surface area contributed by atoms with Gasteiger partial charge in [0.25, 0.3) is 5.91 Å². The van der Waals surface area contributed by atoms with E-state index in [9.17, 15) is 4.79 Å². The molecule has 138 valence electrons. The average Bonchev–Trinajstić information content (AvgIpc) is 2.70. The van der Waals surface area contributed by atoms with E-state index in [0.29, 0.717) is 33.7 Å². The summed E-state index contributed by atoms with van der Waals surface area (Å²) >= 11 is 6.04. The predicted molar refractivity (Wildman–Crippen MR) is 104 cm³/mol. The summed E-state index contributed by atoms with van der Waals surface area (Å²) in [7, 11) is 3.15. The Morgan fingerprint density at radius 1 is 0.963 bits per heavy atom. The smallest absolute Gasteiger partial charge is 0.276 e. The fourth-order valence-electron chi connectivity index (χ4n) is 2.31. The lowest BCUT2D eigenvalue weighted by atomic mass is 10.2. The van der Waals surface area contributed by atoms with Gasteiger partial charge in [0, 0.05) is 6.07 Å². The number of anilines is 3. The van der Waals surface area contributed by atoms with Gasteiger partial charge < -0.3 is 20.1 Å². The molecule has 0 atom stereocenters. The first kappa shape index (κ1) is 18.5. The summed E-state index contributed by atoms with van der Waals surface area (Å²) in [5.74, 6) is 1.34. The van der Waals surface area contributed by atoms with Crippen LogP contribution in [0, 0.1) is 0 Å². The lowest BCUT2D eigenvalue weighted by Crippen LogP contribution is -2.14. The molecule has 1 amide bonds. The lowest BCUT2D eigenvalue weighted by Gasteiger charge is -2.12. The zero-order valence-electron chi connectivity index (χ0n) is 14.7. The molecule has 27 heavy (non-hydrogen) atoms. The summed E-state index contributed by atoms with van der Waals surface area (Å²) in [5, 5.41) is 14.2. The van der Waals surface area contributed by atoms with Crippen LogP contribution in [0.15, 0.2) is 54.6 Å². The highest BCUT2D eigenvalue weighted by atomic mass is 35.5. The van der Waals surface area contributed by atoms with Crippen LogP contribution >= 0.6 is 11.6 Å². The molecule has 1 aromatic heterocycles. The monoisotopic (exact) mass is 384 g/mol. The van der Waals surface area contributed by atoms with Crippen molar-refractivity contribution in [3.05, 3.63) is 65.3 Å². The number of carbonyl (C=O) groups is 1. The minimum absolute atomic E-state index is 0.169. The van der Waals surface area contributed by atoms with Gasteiger partial charge in [-0.1, -0.05) is 23.7 Å². The molecule has 2 aromatic carbocycles. The molecule has 0 aliphatic carbocycles. The van der Waals surface area contributed by atoms with Gasteiger partial charge in [-0.25, -0.2) is 0 Å². The van der Waals surface area contributed by atoms with Crippen LogP contribution in [0.5, 0.6) is 11.5 Å². The van der Waals surface area contributed by atoms with Crippen molar-refractivity contribution in [2.24, 2.45) is 0 Å². The third kappa shape index (κ3) is 4.45. The SMILES string of the molecule is COc1ccc(Nc2ccc(C(=O)Nc3ccccc3Cl)nn2)c(OC)c1. The molecule has 0 fully saturated rings. The Hall–Kier alpha value is -3.32. The molecule has 0 spiro atoms. The Kier molecular flexibility index (Phi) is 5.73. The van der Waals surface area contributed by atoms with Crippen LogP contribution in [0.4, 0.5) is 17.2 Å². The first-order valence-electron chi connectivity index (χ1n) is 7.99. The Bertz CT molecular complexity index is 948. The number of benzene rings is 2. The van der Waals surface area contributed by atoms with Crippen molar-refractivity contribution in [1.82, 2.24) is 10.2 Å². The number of rotatable bonds is 6. The van der Waals surface area contributed by atoms with E-state index < -0.39 is 5.91 Å². The van der Waals surface area contributed by atoms with E-state index in [4.69, 9.17) is 21.1 Å². The predicted octanol–water partition coefficient (Wildman–Crippen LogP) is 4.14. The number of amides is 1. The molecule has 3 aromatic rings. The Morgan fingerprint density at radius 2 is 1.78 bits per heavy atom. The molecule has 0 aliphatic rings. The fourth-order valence-corrected chi connectivity index (χ4v) is 2.49. The van der Waals surface area contributed by atoms with E-state index in [2.05, 4.69) is 20.8 Å². The summed E-state index contributed by atoms with van der Waals surface area (Å²) in [5.41, 5.74) is 1.37. The van der Waals surface area contributed by atoms with Crippen molar-refractivity contribution < 1.29 is 14.3 Å². The molecule has 0 bridgehead atoms. The number of hydrogen-bond acceptors (Lipinski definition) is 6. The highest BCUT2D eigenvalue weighted by Crippen LogP contribution is 2.30. The van der Waals surface area contributed by atoms with Gasteiger partial charge in [-0.15, -0.1) is 10.2 Å². The summed E-state index contributed by atoms with van der Waals surface area (Å²) in [6, 6.07) is 15.5. The Morgan fingerprint density at radius 3 is 2.44 bits per heavy atom. The van der Waals surface area contributed by atoms with Gasteiger partial charge in [-0.05, 0) is 36.4 Å². The van der Waals surface area contributed by atoms with Gasteiger partial charge in [0.2, 0.25) is 0 Å². The maximum Gasteiger partial charge on any atom is 0.276 e. The van der Waals surface area contributed by atoms with Gasteiger partial charge in [-0.2, -0.15) is 0 Å². The maximum absolute atomic E-state index is 12.3. The van der Waals surface area contributed by atoms with Crippen molar-refractivity contribution in [3.63, 3.8) is 0 Å². The average molecular weight is 385 g/mol. The lowest BCUT2D eigenvalue weighted by molar-refractivity contribution is 0.102.